The Balaban J connectivity index is 0.00000162. The fourth-order valence-electron chi connectivity index (χ4n) is 1.51. The zero-order valence-corrected chi connectivity index (χ0v) is 9.38. The first kappa shape index (κ1) is 7.10. The third-order valence-corrected chi connectivity index (χ3v) is 2.47. The molecule has 1 aliphatic rings. The van der Waals surface area contributed by atoms with E-state index in [0.29, 0.717) is 5.02 Å². The van der Waals surface area contributed by atoms with Crippen molar-refractivity contribution in [2.75, 3.05) is 13.0 Å². The van der Waals surface area contributed by atoms with E-state index in [4.69, 9.17) is 17.1 Å². The summed E-state index contributed by atoms with van der Waals surface area (Å²) in [5, 5.41) is 2.98. The van der Waals surface area contributed by atoms with Gasteiger partial charge in [-0.05, 0) is 42.1 Å². The molecule has 1 aliphatic heterocycles. The van der Waals surface area contributed by atoms with Crippen LogP contribution in [0.25, 0.3) is 0 Å². The summed E-state index contributed by atoms with van der Waals surface area (Å²) in [5.41, 5.74) is 1.58. The van der Waals surface area contributed by atoms with Gasteiger partial charge in [-0.2, -0.15) is 0 Å². The van der Waals surface area contributed by atoms with Crippen LogP contribution in [0, 0.1) is 0 Å². The summed E-state index contributed by atoms with van der Waals surface area (Å²) in [6.07, 6.45) is 0.142. The lowest BCUT2D eigenvalue weighted by Crippen LogP contribution is -2.18. The maximum absolute atomic E-state index is 7.90. The summed E-state index contributed by atoms with van der Waals surface area (Å²) in [4.78, 5) is 0. The molecule has 1 aromatic rings. The third-order valence-electron chi connectivity index (χ3n) is 2.23. The molecule has 0 aliphatic carbocycles. The Kier molecular flexibility index (Phi) is 2.54. The minimum atomic E-state index is -1.79. The maximum Gasteiger partial charge on any atom is 0.0434 e. The van der Waals surface area contributed by atoms with Gasteiger partial charge in [-0.25, -0.2) is 0 Å². The number of nitrogens with one attached hydrogen (secondary N) is 1. The molecule has 0 radical (unpaired) electrons. The Hall–Kier alpha value is -0.240. The largest absolute Gasteiger partial charge is 0.316 e. The molecule has 0 spiro atoms. The molecule has 0 amide bonds. The predicted octanol–water partition coefficient (Wildman–Crippen LogP) is 3.01. The van der Waals surface area contributed by atoms with Crippen LogP contribution in [0.4, 0.5) is 0 Å². The van der Waals surface area contributed by atoms with Crippen molar-refractivity contribution in [2.45, 2.75) is 19.3 Å². The number of hydrogen-bond donors (Lipinski definition) is 1. The molecule has 1 aromatic carbocycles. The van der Waals surface area contributed by atoms with Crippen LogP contribution in [0.3, 0.4) is 0 Å². The molecule has 2 rings (SSSR count). The smallest absolute Gasteiger partial charge is 0.0434 e. The lowest BCUT2D eigenvalue weighted by molar-refractivity contribution is 0.644. The molecule has 78 valence electrons. The lowest BCUT2D eigenvalue weighted by Gasteiger charge is -2.11. The number of rotatable bonds is 0. The van der Waals surface area contributed by atoms with Gasteiger partial charge in [0.15, 0.2) is 0 Å². The molecule has 1 atom stereocenters. The molecule has 0 aromatic heterocycles. The first-order valence-corrected chi connectivity index (χ1v) is 4.67. The van der Waals surface area contributed by atoms with Crippen molar-refractivity contribution >= 4 is 24.0 Å². The first-order valence-electron chi connectivity index (χ1n) is 6.29. The number of fused-ring (bicyclic) bond motifs is 1. The summed E-state index contributed by atoms with van der Waals surface area (Å²) >= 11 is 5.92. The van der Waals surface area contributed by atoms with E-state index in [0.717, 1.165) is 11.1 Å². The second kappa shape index (κ2) is 5.01. The van der Waals surface area contributed by atoms with Crippen molar-refractivity contribution in [2.24, 2.45) is 0 Å². The molecule has 0 saturated carbocycles. The minimum Gasteiger partial charge on any atom is -0.316 e. The highest BCUT2D eigenvalue weighted by Gasteiger charge is 2.13. The standard InChI is InChI=1S/C11H14ClN.ClH/c1-8-7-13-5-4-9-2-3-10(12)6-11(8)9;/h2-3,6,8,13H,4-5,7H2,1H3;1H/t8-;/m0./s1/i5D2,7D2;. The van der Waals surface area contributed by atoms with Gasteiger partial charge in [-0.3, -0.25) is 0 Å². The summed E-state index contributed by atoms with van der Waals surface area (Å²) in [7, 11) is 0. The Labute approximate surface area is 102 Å². The van der Waals surface area contributed by atoms with Gasteiger partial charge in [-0.15, -0.1) is 12.4 Å². The molecule has 1 heterocycles. The average Bonchev–Trinajstić information content (AvgIpc) is 2.22. The highest BCUT2D eigenvalue weighted by Crippen LogP contribution is 2.25. The third kappa shape index (κ3) is 2.41. The van der Waals surface area contributed by atoms with Gasteiger partial charge in [0.25, 0.3) is 0 Å². The van der Waals surface area contributed by atoms with Crippen LogP contribution >= 0.6 is 24.0 Å². The number of halogens is 2. The van der Waals surface area contributed by atoms with Crippen LogP contribution in [-0.4, -0.2) is 13.0 Å². The van der Waals surface area contributed by atoms with E-state index in [1.807, 2.05) is 0 Å². The molecular formula is C11H15Cl2N. The van der Waals surface area contributed by atoms with Crippen LogP contribution in [0.2, 0.25) is 5.02 Å². The van der Waals surface area contributed by atoms with Crippen LogP contribution < -0.4 is 5.32 Å². The average molecular weight is 236 g/mol. The Morgan fingerprint density at radius 2 is 2.36 bits per heavy atom. The van der Waals surface area contributed by atoms with Gasteiger partial charge < -0.3 is 5.32 Å². The summed E-state index contributed by atoms with van der Waals surface area (Å²) < 4.78 is 31.4. The zero-order chi connectivity index (χ0) is 12.8. The number of aryl methyl sites for hydroxylation is 1. The predicted molar refractivity (Wildman–Crippen MR) is 63.7 cm³/mol. The van der Waals surface area contributed by atoms with Gasteiger partial charge in [0, 0.05) is 17.0 Å². The van der Waals surface area contributed by atoms with Gasteiger partial charge in [0.2, 0.25) is 0 Å². The van der Waals surface area contributed by atoms with Gasteiger partial charge in [0.1, 0.15) is 0 Å². The van der Waals surface area contributed by atoms with E-state index >= 15 is 0 Å². The van der Waals surface area contributed by atoms with E-state index in [1.54, 1.807) is 25.1 Å². The molecule has 1 nitrogen and oxygen atoms in total. The van der Waals surface area contributed by atoms with E-state index in [-0.39, 0.29) is 18.8 Å². The Morgan fingerprint density at radius 1 is 1.57 bits per heavy atom. The van der Waals surface area contributed by atoms with Crippen molar-refractivity contribution in [1.29, 1.82) is 0 Å². The van der Waals surface area contributed by atoms with Crippen LogP contribution in [-0.2, 0) is 6.42 Å². The van der Waals surface area contributed by atoms with Crippen molar-refractivity contribution in [3.05, 3.63) is 34.3 Å². The van der Waals surface area contributed by atoms with E-state index < -0.39 is 18.9 Å². The van der Waals surface area contributed by atoms with E-state index in [2.05, 4.69) is 5.32 Å². The van der Waals surface area contributed by atoms with Crippen molar-refractivity contribution in [1.82, 2.24) is 5.32 Å². The first-order chi connectivity index (χ1) is 7.71. The molecule has 0 saturated heterocycles. The normalized spacial score (nSPS) is 32.0. The van der Waals surface area contributed by atoms with Crippen LogP contribution in [0.5, 0.6) is 0 Å². The molecule has 1 N–H and O–H groups in total. The van der Waals surface area contributed by atoms with Crippen molar-refractivity contribution < 1.29 is 5.48 Å². The molecule has 0 fully saturated rings. The SMILES string of the molecule is Cl.[2H]C1([2H])Cc2ccc(Cl)cc2[C@@H](C)C([2H])([2H])N1. The van der Waals surface area contributed by atoms with E-state index in [1.165, 1.54) is 0 Å². The Morgan fingerprint density at radius 3 is 3.14 bits per heavy atom. The number of hydrogen-bond acceptors (Lipinski definition) is 1. The van der Waals surface area contributed by atoms with E-state index in [9.17, 15) is 0 Å². The second-order valence-electron chi connectivity index (χ2n) is 3.19. The van der Waals surface area contributed by atoms with Crippen molar-refractivity contribution in [3.63, 3.8) is 0 Å². The van der Waals surface area contributed by atoms with Gasteiger partial charge in [0.05, 0.1) is 0 Å². The molecule has 0 unspecified atom stereocenters. The van der Waals surface area contributed by atoms with Crippen LogP contribution in [0.1, 0.15) is 29.5 Å². The fraction of sp³-hybridized carbons (Fsp3) is 0.455. The lowest BCUT2D eigenvalue weighted by atomic mass is 9.96. The summed E-state index contributed by atoms with van der Waals surface area (Å²) in [6, 6.07) is 5.21. The summed E-state index contributed by atoms with van der Waals surface area (Å²) in [6.45, 7) is -1.81. The highest BCUT2D eigenvalue weighted by atomic mass is 35.5. The molecule has 14 heavy (non-hydrogen) atoms. The molecule has 0 bridgehead atoms. The fourth-order valence-corrected chi connectivity index (χ4v) is 1.69. The minimum absolute atomic E-state index is 0. The molecule has 3 heteroatoms. The monoisotopic (exact) mass is 235 g/mol. The zero-order valence-electron chi connectivity index (χ0n) is 11.8. The summed E-state index contributed by atoms with van der Waals surface area (Å²) in [5.74, 6) is -0.450. The maximum atomic E-state index is 7.90. The second-order valence-corrected chi connectivity index (χ2v) is 3.62. The topological polar surface area (TPSA) is 12.0 Å². The van der Waals surface area contributed by atoms with Crippen LogP contribution in [0.15, 0.2) is 18.2 Å². The highest BCUT2D eigenvalue weighted by molar-refractivity contribution is 6.30. The van der Waals surface area contributed by atoms with Gasteiger partial charge >= 0.3 is 0 Å². The molecular weight excluding hydrogens is 217 g/mol. The van der Waals surface area contributed by atoms with Crippen molar-refractivity contribution in [3.8, 4) is 0 Å². The Bertz CT molecular complexity index is 451. The quantitative estimate of drug-likeness (QED) is 0.730. The van der Waals surface area contributed by atoms with Gasteiger partial charge in [-0.1, -0.05) is 24.6 Å². The number of benzene rings is 1.